The van der Waals surface area contributed by atoms with Gasteiger partial charge in [-0.05, 0) is 72.1 Å². The molecule has 6 nitrogen and oxygen atoms in total. The van der Waals surface area contributed by atoms with Gasteiger partial charge in [-0.1, -0.05) is 30.3 Å². The van der Waals surface area contributed by atoms with Crippen molar-refractivity contribution in [2.24, 2.45) is 0 Å². The number of hydrogen-bond donors (Lipinski definition) is 2. The summed E-state index contributed by atoms with van der Waals surface area (Å²) in [6.45, 7) is 0. The summed E-state index contributed by atoms with van der Waals surface area (Å²) in [6, 6.07) is 18.7. The third-order valence-corrected chi connectivity index (χ3v) is 7.59. The molecule has 8 heteroatoms. The van der Waals surface area contributed by atoms with Crippen LogP contribution in [0.3, 0.4) is 0 Å². The number of fused-ring (bicyclic) bond motifs is 3. The number of rotatable bonds is 5. The van der Waals surface area contributed by atoms with Gasteiger partial charge in [-0.3, -0.25) is 4.72 Å². The van der Waals surface area contributed by atoms with Crippen LogP contribution in [0.15, 0.2) is 76.5 Å². The Hall–Kier alpha value is -2.68. The lowest BCUT2D eigenvalue weighted by Gasteiger charge is -2.10. The molecular formula is C20H18N2O4S2. The predicted octanol–water partition coefficient (Wildman–Crippen LogP) is 2.97. The van der Waals surface area contributed by atoms with Gasteiger partial charge in [0.1, 0.15) is 0 Å². The zero-order valence-electron chi connectivity index (χ0n) is 15.0. The van der Waals surface area contributed by atoms with Gasteiger partial charge in [0.25, 0.3) is 10.0 Å². The Morgan fingerprint density at radius 1 is 0.714 bits per heavy atom. The van der Waals surface area contributed by atoms with E-state index < -0.39 is 20.0 Å². The second-order valence-corrected chi connectivity index (χ2v) is 10.1. The van der Waals surface area contributed by atoms with E-state index in [-0.39, 0.29) is 9.79 Å². The minimum Gasteiger partial charge on any atom is -0.280 e. The molecule has 1 aliphatic carbocycles. The molecule has 0 saturated heterocycles. The number of anilines is 1. The fourth-order valence-electron chi connectivity index (χ4n) is 3.34. The lowest BCUT2D eigenvalue weighted by atomic mass is 10.1. The second-order valence-electron chi connectivity index (χ2n) is 6.49. The smallest absolute Gasteiger partial charge is 0.261 e. The maximum absolute atomic E-state index is 12.7. The summed E-state index contributed by atoms with van der Waals surface area (Å²) in [5.41, 5.74) is 5.04. The van der Waals surface area contributed by atoms with Crippen LogP contribution in [0, 0.1) is 0 Å². The van der Waals surface area contributed by atoms with Crippen molar-refractivity contribution in [1.29, 1.82) is 0 Å². The average molecular weight is 415 g/mol. The quantitative estimate of drug-likeness (QED) is 0.525. The van der Waals surface area contributed by atoms with E-state index in [1.807, 2.05) is 24.3 Å². The van der Waals surface area contributed by atoms with Crippen LogP contribution in [-0.4, -0.2) is 23.9 Å². The van der Waals surface area contributed by atoms with E-state index in [9.17, 15) is 16.8 Å². The normalized spacial score (nSPS) is 13.0. The van der Waals surface area contributed by atoms with E-state index in [4.69, 9.17) is 0 Å². The summed E-state index contributed by atoms with van der Waals surface area (Å²) in [5, 5.41) is 0. The maximum atomic E-state index is 12.7. The molecule has 0 fully saturated rings. The third-order valence-electron chi connectivity index (χ3n) is 4.76. The summed E-state index contributed by atoms with van der Waals surface area (Å²) >= 11 is 0. The first-order valence-corrected chi connectivity index (χ1v) is 11.5. The first-order chi connectivity index (χ1) is 13.3. The van der Waals surface area contributed by atoms with Crippen LogP contribution in [0.4, 0.5) is 5.69 Å². The van der Waals surface area contributed by atoms with E-state index in [1.54, 1.807) is 6.07 Å². The molecule has 2 N–H and O–H groups in total. The van der Waals surface area contributed by atoms with Crippen molar-refractivity contribution in [3.8, 4) is 11.1 Å². The fourth-order valence-corrected chi connectivity index (χ4v) is 5.12. The van der Waals surface area contributed by atoms with Gasteiger partial charge in [0.15, 0.2) is 0 Å². The van der Waals surface area contributed by atoms with Crippen molar-refractivity contribution < 1.29 is 16.8 Å². The molecule has 0 atom stereocenters. The highest BCUT2D eigenvalue weighted by Crippen LogP contribution is 2.37. The first kappa shape index (κ1) is 18.7. The van der Waals surface area contributed by atoms with Gasteiger partial charge < -0.3 is 0 Å². The largest absolute Gasteiger partial charge is 0.280 e. The highest BCUT2D eigenvalue weighted by Gasteiger charge is 2.20. The Morgan fingerprint density at radius 2 is 1.32 bits per heavy atom. The Bertz CT molecular complexity index is 1270. The highest BCUT2D eigenvalue weighted by molar-refractivity contribution is 7.92. The summed E-state index contributed by atoms with van der Waals surface area (Å²) < 4.78 is 53.7. The van der Waals surface area contributed by atoms with E-state index >= 15 is 0 Å². The van der Waals surface area contributed by atoms with E-state index in [2.05, 4.69) is 21.6 Å². The molecular weight excluding hydrogens is 396 g/mol. The monoisotopic (exact) mass is 414 g/mol. The van der Waals surface area contributed by atoms with E-state index in [0.717, 1.165) is 17.5 Å². The van der Waals surface area contributed by atoms with Crippen LogP contribution < -0.4 is 9.44 Å². The van der Waals surface area contributed by atoms with Crippen LogP contribution in [-0.2, 0) is 26.5 Å². The average Bonchev–Trinajstić information content (AvgIpc) is 3.05. The van der Waals surface area contributed by atoms with Gasteiger partial charge in [0.2, 0.25) is 10.0 Å². The molecule has 1 aliphatic rings. The van der Waals surface area contributed by atoms with Crippen molar-refractivity contribution in [2.75, 3.05) is 11.8 Å². The summed E-state index contributed by atoms with van der Waals surface area (Å²) in [5.74, 6) is 0. The molecule has 3 aromatic carbocycles. The van der Waals surface area contributed by atoms with Crippen molar-refractivity contribution >= 4 is 25.7 Å². The number of nitrogens with one attached hydrogen (secondary N) is 2. The molecule has 0 radical (unpaired) electrons. The topological polar surface area (TPSA) is 92.3 Å². The van der Waals surface area contributed by atoms with Crippen LogP contribution >= 0.6 is 0 Å². The van der Waals surface area contributed by atoms with Gasteiger partial charge in [-0.25, -0.2) is 21.6 Å². The summed E-state index contributed by atoms with van der Waals surface area (Å²) in [6.07, 6.45) is 0.762. The van der Waals surface area contributed by atoms with Gasteiger partial charge >= 0.3 is 0 Å². The van der Waals surface area contributed by atoms with Crippen molar-refractivity contribution in [1.82, 2.24) is 4.72 Å². The molecule has 0 amide bonds. The van der Waals surface area contributed by atoms with Crippen LogP contribution in [0.25, 0.3) is 11.1 Å². The Balaban J connectivity index is 1.60. The summed E-state index contributed by atoms with van der Waals surface area (Å²) in [4.78, 5) is -0.00409. The number of hydrogen-bond acceptors (Lipinski definition) is 4. The molecule has 0 spiro atoms. The molecule has 0 aliphatic heterocycles. The molecule has 0 bridgehead atoms. The molecule has 0 unspecified atom stereocenters. The maximum Gasteiger partial charge on any atom is 0.261 e. The zero-order chi connectivity index (χ0) is 19.9. The fraction of sp³-hybridized carbons (Fsp3) is 0.100. The van der Waals surface area contributed by atoms with Crippen LogP contribution in [0.5, 0.6) is 0 Å². The highest BCUT2D eigenvalue weighted by atomic mass is 32.2. The van der Waals surface area contributed by atoms with Gasteiger partial charge in [-0.2, -0.15) is 0 Å². The van der Waals surface area contributed by atoms with Gasteiger partial charge in [0.05, 0.1) is 9.79 Å². The molecule has 144 valence electrons. The molecule has 28 heavy (non-hydrogen) atoms. The standard InChI is InChI=1S/C20H18N2O4S2/c1-21-27(23,24)17-7-9-18(10-8-17)28(25,26)22-16-6-11-20-15(13-16)12-14-4-2-3-5-19(14)20/h2-11,13,21-22H,12H2,1H3. The minimum atomic E-state index is -3.83. The lowest BCUT2D eigenvalue weighted by molar-refractivity contribution is 0.587. The van der Waals surface area contributed by atoms with Gasteiger partial charge in [0, 0.05) is 5.69 Å². The molecule has 0 aromatic heterocycles. The van der Waals surface area contributed by atoms with Crippen molar-refractivity contribution in [2.45, 2.75) is 16.2 Å². The van der Waals surface area contributed by atoms with Crippen molar-refractivity contribution in [3.63, 3.8) is 0 Å². The zero-order valence-corrected chi connectivity index (χ0v) is 16.6. The first-order valence-electron chi connectivity index (χ1n) is 8.58. The molecule has 0 saturated carbocycles. The van der Waals surface area contributed by atoms with Crippen LogP contribution in [0.2, 0.25) is 0 Å². The Kier molecular flexibility index (Phi) is 4.49. The Morgan fingerprint density at radius 3 is 2.00 bits per heavy atom. The lowest BCUT2D eigenvalue weighted by Crippen LogP contribution is -2.19. The Labute approximate surface area is 164 Å². The van der Waals surface area contributed by atoms with Crippen molar-refractivity contribution in [3.05, 3.63) is 77.9 Å². The second kappa shape index (κ2) is 6.73. The van der Waals surface area contributed by atoms with Gasteiger partial charge in [-0.15, -0.1) is 0 Å². The third kappa shape index (κ3) is 3.30. The molecule has 0 heterocycles. The van der Waals surface area contributed by atoms with E-state index in [1.165, 1.54) is 42.4 Å². The SMILES string of the molecule is CNS(=O)(=O)c1ccc(S(=O)(=O)Nc2ccc3c(c2)Cc2ccccc2-3)cc1. The molecule has 3 aromatic rings. The molecule has 4 rings (SSSR count). The number of benzene rings is 3. The minimum absolute atomic E-state index is 0.00393. The van der Waals surface area contributed by atoms with E-state index in [0.29, 0.717) is 5.69 Å². The summed E-state index contributed by atoms with van der Waals surface area (Å²) in [7, 11) is -6.15. The van der Waals surface area contributed by atoms with Crippen LogP contribution in [0.1, 0.15) is 11.1 Å². The number of sulfonamides is 2. The predicted molar refractivity (Wildman–Crippen MR) is 108 cm³/mol.